The SMILES string of the molecule is CN(C)/N=C/c1cc([N+](=O)[O-])c(O)cc1O. The highest BCUT2D eigenvalue weighted by molar-refractivity contribution is 5.85. The van der Waals surface area contributed by atoms with E-state index in [1.165, 1.54) is 11.2 Å². The van der Waals surface area contributed by atoms with Crippen LogP contribution in [0, 0.1) is 10.1 Å². The molecule has 0 bridgehead atoms. The van der Waals surface area contributed by atoms with Gasteiger partial charge in [-0.15, -0.1) is 0 Å². The summed E-state index contributed by atoms with van der Waals surface area (Å²) >= 11 is 0. The van der Waals surface area contributed by atoms with Crippen LogP contribution < -0.4 is 0 Å². The quantitative estimate of drug-likeness (QED) is 0.452. The monoisotopic (exact) mass is 225 g/mol. The first-order chi connectivity index (χ1) is 7.41. The van der Waals surface area contributed by atoms with Crippen molar-refractivity contribution in [2.45, 2.75) is 0 Å². The summed E-state index contributed by atoms with van der Waals surface area (Å²) in [7, 11) is 3.34. The maximum atomic E-state index is 10.5. The molecule has 0 radical (unpaired) electrons. The van der Waals surface area contributed by atoms with Crippen LogP contribution >= 0.6 is 0 Å². The van der Waals surface area contributed by atoms with E-state index < -0.39 is 16.4 Å². The van der Waals surface area contributed by atoms with Crippen molar-refractivity contribution in [3.05, 3.63) is 27.8 Å². The number of hydrazone groups is 1. The van der Waals surface area contributed by atoms with Gasteiger partial charge in [0.25, 0.3) is 0 Å². The Kier molecular flexibility index (Phi) is 3.29. The molecule has 0 aliphatic carbocycles. The predicted octanol–water partition coefficient (Wildman–Crippen LogP) is 0.901. The summed E-state index contributed by atoms with van der Waals surface area (Å²) in [5.74, 6) is -0.849. The first kappa shape index (κ1) is 11.8. The van der Waals surface area contributed by atoms with Crippen LogP contribution in [-0.2, 0) is 0 Å². The van der Waals surface area contributed by atoms with Crippen molar-refractivity contribution in [3.8, 4) is 11.5 Å². The molecule has 0 saturated carbocycles. The van der Waals surface area contributed by atoms with E-state index in [2.05, 4.69) is 5.10 Å². The van der Waals surface area contributed by atoms with E-state index in [0.29, 0.717) is 0 Å². The predicted molar refractivity (Wildman–Crippen MR) is 57.7 cm³/mol. The molecule has 0 heterocycles. The fraction of sp³-hybridized carbons (Fsp3) is 0.222. The van der Waals surface area contributed by atoms with Crippen molar-refractivity contribution in [2.75, 3.05) is 14.1 Å². The van der Waals surface area contributed by atoms with Crippen molar-refractivity contribution in [2.24, 2.45) is 5.10 Å². The number of hydrogen-bond donors (Lipinski definition) is 2. The van der Waals surface area contributed by atoms with Gasteiger partial charge in [-0.05, 0) is 0 Å². The Hall–Kier alpha value is -2.31. The molecule has 0 unspecified atom stereocenters. The van der Waals surface area contributed by atoms with Gasteiger partial charge < -0.3 is 15.2 Å². The number of phenolic OH excluding ortho intramolecular Hbond substituents is 2. The molecule has 0 spiro atoms. The van der Waals surface area contributed by atoms with E-state index in [-0.39, 0.29) is 11.3 Å². The molecule has 2 N–H and O–H groups in total. The highest BCUT2D eigenvalue weighted by Gasteiger charge is 2.16. The maximum absolute atomic E-state index is 10.5. The molecule has 0 saturated heterocycles. The molecule has 0 amide bonds. The molecule has 0 atom stereocenters. The van der Waals surface area contributed by atoms with Crippen LogP contribution in [-0.4, -0.2) is 40.5 Å². The fourth-order valence-corrected chi connectivity index (χ4v) is 1.01. The lowest BCUT2D eigenvalue weighted by Crippen LogP contribution is -2.02. The zero-order valence-corrected chi connectivity index (χ0v) is 8.78. The molecule has 86 valence electrons. The first-order valence-corrected chi connectivity index (χ1v) is 4.33. The van der Waals surface area contributed by atoms with Crippen LogP contribution in [0.1, 0.15) is 5.56 Å². The molecule has 7 heteroatoms. The van der Waals surface area contributed by atoms with Crippen LogP contribution in [0.4, 0.5) is 5.69 Å². The zero-order valence-electron chi connectivity index (χ0n) is 8.78. The molecular weight excluding hydrogens is 214 g/mol. The lowest BCUT2D eigenvalue weighted by atomic mass is 10.2. The Balaban J connectivity index is 3.20. The molecule has 1 aromatic carbocycles. The van der Waals surface area contributed by atoms with Crippen molar-refractivity contribution in [1.82, 2.24) is 5.01 Å². The Bertz CT molecular complexity index is 443. The molecule has 0 fully saturated rings. The Morgan fingerprint density at radius 2 is 2.00 bits per heavy atom. The maximum Gasteiger partial charge on any atom is 0.311 e. The number of phenols is 2. The topological polar surface area (TPSA) is 99.2 Å². The fourth-order valence-electron chi connectivity index (χ4n) is 1.01. The second-order valence-electron chi connectivity index (χ2n) is 3.25. The summed E-state index contributed by atoms with van der Waals surface area (Å²) in [6.45, 7) is 0. The van der Waals surface area contributed by atoms with Gasteiger partial charge >= 0.3 is 5.69 Å². The summed E-state index contributed by atoms with van der Waals surface area (Å²) in [5.41, 5.74) is -0.309. The molecule has 0 aliphatic rings. The van der Waals surface area contributed by atoms with Crippen LogP contribution in [0.15, 0.2) is 17.2 Å². The minimum Gasteiger partial charge on any atom is -0.507 e. The summed E-state index contributed by atoms with van der Waals surface area (Å²) in [6.07, 6.45) is 1.27. The highest BCUT2D eigenvalue weighted by atomic mass is 16.6. The van der Waals surface area contributed by atoms with E-state index >= 15 is 0 Å². The minimum absolute atomic E-state index is 0.165. The number of aromatic hydroxyl groups is 2. The molecule has 16 heavy (non-hydrogen) atoms. The molecule has 1 rings (SSSR count). The zero-order chi connectivity index (χ0) is 12.3. The van der Waals surface area contributed by atoms with Gasteiger partial charge in [0.05, 0.1) is 11.1 Å². The summed E-state index contributed by atoms with van der Waals surface area (Å²) in [5, 5.41) is 34.5. The van der Waals surface area contributed by atoms with E-state index in [1.807, 2.05) is 0 Å². The van der Waals surface area contributed by atoms with Gasteiger partial charge in [0, 0.05) is 31.8 Å². The number of nitro groups is 1. The summed E-state index contributed by atoms with van der Waals surface area (Å²) < 4.78 is 0. The molecular formula is C9H11N3O4. The van der Waals surface area contributed by atoms with Gasteiger partial charge in [0.1, 0.15) is 5.75 Å². The minimum atomic E-state index is -0.734. The highest BCUT2D eigenvalue weighted by Crippen LogP contribution is 2.31. The smallest absolute Gasteiger partial charge is 0.311 e. The summed E-state index contributed by atoms with van der Waals surface area (Å²) in [6, 6.07) is 1.97. The lowest BCUT2D eigenvalue weighted by Gasteiger charge is -2.04. The number of nitro benzene ring substituents is 1. The lowest BCUT2D eigenvalue weighted by molar-refractivity contribution is -0.385. The van der Waals surface area contributed by atoms with Crippen LogP contribution in [0.3, 0.4) is 0 Å². The van der Waals surface area contributed by atoms with Crippen LogP contribution in [0.5, 0.6) is 11.5 Å². The van der Waals surface area contributed by atoms with E-state index in [9.17, 15) is 20.3 Å². The van der Waals surface area contributed by atoms with Crippen molar-refractivity contribution < 1.29 is 15.1 Å². The average Bonchev–Trinajstić information content (AvgIpc) is 2.15. The van der Waals surface area contributed by atoms with Gasteiger partial charge in [0.2, 0.25) is 0 Å². The van der Waals surface area contributed by atoms with Crippen LogP contribution in [0.2, 0.25) is 0 Å². The molecule has 7 nitrogen and oxygen atoms in total. The third-order valence-corrected chi connectivity index (χ3v) is 1.75. The van der Waals surface area contributed by atoms with Crippen molar-refractivity contribution >= 4 is 11.9 Å². The molecule has 0 aromatic heterocycles. The third-order valence-electron chi connectivity index (χ3n) is 1.75. The second-order valence-corrected chi connectivity index (χ2v) is 3.25. The molecule has 0 aliphatic heterocycles. The number of nitrogens with zero attached hydrogens (tertiary/aromatic N) is 3. The van der Waals surface area contributed by atoms with Gasteiger partial charge in [-0.3, -0.25) is 10.1 Å². The average molecular weight is 225 g/mol. The van der Waals surface area contributed by atoms with Gasteiger partial charge in [0.15, 0.2) is 5.75 Å². The van der Waals surface area contributed by atoms with Gasteiger partial charge in [-0.1, -0.05) is 0 Å². The van der Waals surface area contributed by atoms with Crippen LogP contribution in [0.25, 0.3) is 0 Å². The molecule has 1 aromatic rings. The van der Waals surface area contributed by atoms with Gasteiger partial charge in [-0.2, -0.15) is 5.10 Å². The first-order valence-electron chi connectivity index (χ1n) is 4.33. The largest absolute Gasteiger partial charge is 0.507 e. The van der Waals surface area contributed by atoms with Crippen molar-refractivity contribution in [3.63, 3.8) is 0 Å². The normalized spacial score (nSPS) is 10.6. The standard InChI is InChI=1S/C9H11N3O4/c1-11(2)10-5-6-3-7(12(15)16)9(14)4-8(6)13/h3-5,13-14H,1-2H3/b10-5+. The summed E-state index contributed by atoms with van der Waals surface area (Å²) in [4.78, 5) is 9.80. The van der Waals surface area contributed by atoms with E-state index in [0.717, 1.165) is 12.1 Å². The Labute approximate surface area is 91.4 Å². The van der Waals surface area contributed by atoms with E-state index in [1.54, 1.807) is 14.1 Å². The Morgan fingerprint density at radius 3 is 2.50 bits per heavy atom. The number of rotatable bonds is 3. The van der Waals surface area contributed by atoms with E-state index in [4.69, 9.17) is 0 Å². The second kappa shape index (κ2) is 4.47. The Morgan fingerprint density at radius 1 is 1.38 bits per heavy atom. The van der Waals surface area contributed by atoms with Gasteiger partial charge in [-0.25, -0.2) is 0 Å². The third kappa shape index (κ3) is 2.59. The number of benzene rings is 1. The van der Waals surface area contributed by atoms with Crippen molar-refractivity contribution in [1.29, 1.82) is 0 Å². The number of hydrogen-bond acceptors (Lipinski definition) is 6.